The van der Waals surface area contributed by atoms with E-state index in [0.29, 0.717) is 18.8 Å². The number of methoxy groups -OCH3 is 1. The molecule has 0 atom stereocenters. The highest BCUT2D eigenvalue weighted by Gasteiger charge is 2.06. The molecule has 2 nitrogen and oxygen atoms in total. The van der Waals surface area contributed by atoms with Gasteiger partial charge in [0, 0.05) is 19.2 Å². The number of ether oxygens (including phenoxy) is 1. The summed E-state index contributed by atoms with van der Waals surface area (Å²) in [6, 6.07) is 3.43. The van der Waals surface area contributed by atoms with E-state index in [9.17, 15) is 8.78 Å². The van der Waals surface area contributed by atoms with Crippen LogP contribution in [0.4, 0.5) is 8.78 Å². The van der Waals surface area contributed by atoms with E-state index < -0.39 is 11.6 Å². The largest absolute Gasteiger partial charge is 0.369 e. The zero-order chi connectivity index (χ0) is 10.6. The van der Waals surface area contributed by atoms with Crippen molar-refractivity contribution in [2.75, 3.05) is 20.9 Å². The van der Waals surface area contributed by atoms with Crippen molar-refractivity contribution in [1.82, 2.24) is 4.90 Å². The molecule has 0 N–H and O–H groups in total. The molecule has 1 aromatic rings. The van der Waals surface area contributed by atoms with Crippen molar-refractivity contribution < 1.29 is 13.5 Å². The first-order valence-corrected chi connectivity index (χ1v) is 4.25. The lowest BCUT2D eigenvalue weighted by molar-refractivity contribution is 0.0764. The van der Waals surface area contributed by atoms with Gasteiger partial charge in [0.05, 0.1) is 6.73 Å². The first kappa shape index (κ1) is 11.1. The van der Waals surface area contributed by atoms with E-state index in [4.69, 9.17) is 4.74 Å². The van der Waals surface area contributed by atoms with E-state index in [-0.39, 0.29) is 0 Å². The Hall–Kier alpha value is -1.00. The van der Waals surface area contributed by atoms with Gasteiger partial charge in [-0.15, -0.1) is 0 Å². The molecule has 1 aromatic carbocycles. The molecule has 0 fully saturated rings. The van der Waals surface area contributed by atoms with Crippen LogP contribution in [0.5, 0.6) is 0 Å². The second-order valence-corrected chi connectivity index (χ2v) is 3.17. The molecule has 1 rings (SSSR count). The molecule has 14 heavy (non-hydrogen) atoms. The van der Waals surface area contributed by atoms with Crippen LogP contribution < -0.4 is 0 Å². The van der Waals surface area contributed by atoms with Crippen molar-refractivity contribution in [1.29, 1.82) is 0 Å². The van der Waals surface area contributed by atoms with Crippen molar-refractivity contribution in [2.24, 2.45) is 0 Å². The van der Waals surface area contributed by atoms with Crippen molar-refractivity contribution >= 4 is 0 Å². The summed E-state index contributed by atoms with van der Waals surface area (Å²) < 4.78 is 30.8. The molecule has 0 amide bonds. The predicted octanol–water partition coefficient (Wildman–Crippen LogP) is 2.00. The van der Waals surface area contributed by atoms with Gasteiger partial charge in [-0.25, -0.2) is 8.78 Å². The SMILES string of the molecule is COCN(C)Cc1cc(F)ccc1F. The van der Waals surface area contributed by atoms with E-state index in [2.05, 4.69) is 0 Å². The van der Waals surface area contributed by atoms with Gasteiger partial charge in [-0.3, -0.25) is 4.90 Å². The van der Waals surface area contributed by atoms with Crippen LogP contribution >= 0.6 is 0 Å². The molecule has 0 heterocycles. The first-order valence-electron chi connectivity index (χ1n) is 4.25. The molecule has 0 radical (unpaired) electrons. The van der Waals surface area contributed by atoms with Gasteiger partial charge in [-0.2, -0.15) is 0 Å². The van der Waals surface area contributed by atoms with Crippen LogP contribution in [0.2, 0.25) is 0 Å². The topological polar surface area (TPSA) is 12.5 Å². The van der Waals surface area contributed by atoms with Gasteiger partial charge >= 0.3 is 0 Å². The van der Waals surface area contributed by atoms with Gasteiger partial charge in [0.25, 0.3) is 0 Å². The molecule has 0 aliphatic rings. The Bertz CT molecular complexity index is 304. The second-order valence-electron chi connectivity index (χ2n) is 3.17. The fraction of sp³-hybridized carbons (Fsp3) is 0.400. The fourth-order valence-electron chi connectivity index (χ4n) is 1.22. The number of rotatable bonds is 4. The van der Waals surface area contributed by atoms with E-state index in [0.717, 1.165) is 12.1 Å². The van der Waals surface area contributed by atoms with Crippen LogP contribution in [0.15, 0.2) is 18.2 Å². The molecule has 0 unspecified atom stereocenters. The summed E-state index contributed by atoms with van der Waals surface area (Å²) in [7, 11) is 3.33. The number of hydrogen-bond acceptors (Lipinski definition) is 2. The van der Waals surface area contributed by atoms with E-state index in [1.54, 1.807) is 19.1 Å². The Morgan fingerprint density at radius 2 is 2.07 bits per heavy atom. The van der Waals surface area contributed by atoms with Gasteiger partial charge in [0.1, 0.15) is 11.6 Å². The lowest BCUT2D eigenvalue weighted by Gasteiger charge is -2.15. The van der Waals surface area contributed by atoms with Crippen molar-refractivity contribution in [3.05, 3.63) is 35.4 Å². The fourth-order valence-corrected chi connectivity index (χ4v) is 1.22. The quantitative estimate of drug-likeness (QED) is 0.691. The van der Waals surface area contributed by atoms with Gasteiger partial charge in [0.15, 0.2) is 0 Å². The van der Waals surface area contributed by atoms with E-state index >= 15 is 0 Å². The summed E-state index contributed by atoms with van der Waals surface area (Å²) in [6.45, 7) is 0.716. The van der Waals surface area contributed by atoms with Gasteiger partial charge < -0.3 is 4.74 Å². The molecule has 0 spiro atoms. The third-order valence-corrected chi connectivity index (χ3v) is 1.80. The van der Waals surface area contributed by atoms with Gasteiger partial charge in [-0.1, -0.05) is 0 Å². The highest BCUT2D eigenvalue weighted by Crippen LogP contribution is 2.11. The predicted molar refractivity (Wildman–Crippen MR) is 49.7 cm³/mol. The number of nitrogens with zero attached hydrogens (tertiary/aromatic N) is 1. The monoisotopic (exact) mass is 201 g/mol. The summed E-state index contributed by atoms with van der Waals surface area (Å²) >= 11 is 0. The molecule has 0 saturated carbocycles. The molecule has 4 heteroatoms. The van der Waals surface area contributed by atoms with E-state index in [1.807, 2.05) is 0 Å². The summed E-state index contributed by atoms with van der Waals surface area (Å²) in [5.74, 6) is -0.818. The molecular weight excluding hydrogens is 188 g/mol. The maximum absolute atomic E-state index is 13.1. The minimum atomic E-state index is -0.424. The van der Waals surface area contributed by atoms with Crippen LogP contribution in [-0.2, 0) is 11.3 Å². The average Bonchev–Trinajstić information content (AvgIpc) is 2.12. The van der Waals surface area contributed by atoms with E-state index in [1.165, 1.54) is 6.07 Å². The molecule has 0 aliphatic heterocycles. The summed E-state index contributed by atoms with van der Waals surface area (Å²) in [5, 5.41) is 0. The maximum atomic E-state index is 13.1. The molecule has 0 aromatic heterocycles. The summed E-state index contributed by atoms with van der Waals surface area (Å²) in [6.07, 6.45) is 0. The zero-order valence-electron chi connectivity index (χ0n) is 8.26. The lowest BCUT2D eigenvalue weighted by Crippen LogP contribution is -2.20. The molecule has 78 valence electrons. The second kappa shape index (κ2) is 5.02. The zero-order valence-corrected chi connectivity index (χ0v) is 8.26. The molecule has 0 saturated heterocycles. The maximum Gasteiger partial charge on any atom is 0.127 e. The number of benzene rings is 1. The number of hydrogen-bond donors (Lipinski definition) is 0. The normalized spacial score (nSPS) is 10.9. The van der Waals surface area contributed by atoms with Crippen LogP contribution in [-0.4, -0.2) is 25.8 Å². The van der Waals surface area contributed by atoms with Gasteiger partial charge in [0.2, 0.25) is 0 Å². The molecule has 0 bridgehead atoms. The highest BCUT2D eigenvalue weighted by molar-refractivity contribution is 5.18. The van der Waals surface area contributed by atoms with Crippen LogP contribution in [0.1, 0.15) is 5.56 Å². The van der Waals surface area contributed by atoms with Crippen molar-refractivity contribution in [2.45, 2.75) is 6.54 Å². The summed E-state index contributed by atoms with van der Waals surface area (Å²) in [5.41, 5.74) is 0.338. The smallest absolute Gasteiger partial charge is 0.127 e. The lowest BCUT2D eigenvalue weighted by atomic mass is 10.2. The Kier molecular flexibility index (Phi) is 3.98. The highest BCUT2D eigenvalue weighted by atomic mass is 19.1. The Morgan fingerprint density at radius 3 is 2.71 bits per heavy atom. The standard InChI is InChI=1S/C10H13F2NO/c1-13(7-14-2)6-8-5-9(11)3-4-10(8)12/h3-5H,6-7H2,1-2H3. The molecule has 0 aliphatic carbocycles. The van der Waals surface area contributed by atoms with Crippen LogP contribution in [0.25, 0.3) is 0 Å². The molecular formula is C10H13F2NO. The third-order valence-electron chi connectivity index (χ3n) is 1.80. The average molecular weight is 201 g/mol. The minimum Gasteiger partial charge on any atom is -0.369 e. The van der Waals surface area contributed by atoms with Crippen molar-refractivity contribution in [3.63, 3.8) is 0 Å². The third kappa shape index (κ3) is 3.05. The van der Waals surface area contributed by atoms with Crippen LogP contribution in [0, 0.1) is 11.6 Å². The Labute approximate surface area is 82.1 Å². The first-order chi connectivity index (χ1) is 6.63. The van der Waals surface area contributed by atoms with Gasteiger partial charge in [-0.05, 0) is 25.2 Å². The minimum absolute atomic E-state index is 0.331. The Balaban J connectivity index is 2.70. The van der Waals surface area contributed by atoms with Crippen molar-refractivity contribution in [3.8, 4) is 0 Å². The summed E-state index contributed by atoms with van der Waals surface area (Å²) in [4.78, 5) is 1.75. The Morgan fingerprint density at radius 1 is 1.36 bits per heavy atom. The number of halogens is 2. The van der Waals surface area contributed by atoms with Crippen LogP contribution in [0.3, 0.4) is 0 Å².